The van der Waals surface area contributed by atoms with Crippen LogP contribution in [0.25, 0.3) is 0 Å². The molecule has 1 aromatic carbocycles. The zero-order valence-electron chi connectivity index (χ0n) is 21.2. The van der Waals surface area contributed by atoms with E-state index in [0.29, 0.717) is 17.7 Å². The molecule has 1 spiro atoms. The van der Waals surface area contributed by atoms with Gasteiger partial charge in [0.1, 0.15) is 5.70 Å². The minimum atomic E-state index is -0.904. The minimum absolute atomic E-state index is 0.00902. The summed E-state index contributed by atoms with van der Waals surface area (Å²) in [6.45, 7) is 4.30. The number of aryl methyl sites for hydroxylation is 1. The quantitative estimate of drug-likeness (QED) is 0.672. The van der Waals surface area contributed by atoms with Crippen molar-refractivity contribution in [3.05, 3.63) is 83.3 Å². The zero-order valence-corrected chi connectivity index (χ0v) is 21.2. The number of benzene rings is 1. The van der Waals surface area contributed by atoms with Crippen LogP contribution in [-0.2, 0) is 11.2 Å². The Bertz CT molecular complexity index is 1240. The lowest BCUT2D eigenvalue weighted by atomic mass is 9.71. The van der Waals surface area contributed by atoms with E-state index >= 15 is 0 Å². The number of likely N-dealkylation sites (tertiary alicyclic amines) is 1. The Morgan fingerprint density at radius 1 is 0.973 bits per heavy atom. The third kappa shape index (κ3) is 4.52. The molecule has 2 aromatic rings. The molecule has 1 aromatic heterocycles. The van der Waals surface area contributed by atoms with Gasteiger partial charge in [0, 0.05) is 56.4 Å². The molecule has 7 nitrogen and oxygen atoms in total. The van der Waals surface area contributed by atoms with Gasteiger partial charge in [-0.3, -0.25) is 9.78 Å². The van der Waals surface area contributed by atoms with E-state index in [1.165, 1.54) is 24.1 Å². The van der Waals surface area contributed by atoms with Gasteiger partial charge in [-0.1, -0.05) is 18.2 Å². The highest BCUT2D eigenvalue weighted by atomic mass is 16.4. The predicted octanol–water partition coefficient (Wildman–Crippen LogP) is 4.43. The number of carboxylic acids is 1. The number of carbonyl (C=O) groups is 2. The van der Waals surface area contributed by atoms with Crippen molar-refractivity contribution in [3.8, 4) is 0 Å². The van der Waals surface area contributed by atoms with Crippen molar-refractivity contribution in [2.45, 2.75) is 44.6 Å². The molecule has 1 aliphatic carbocycles. The number of fused-ring (bicyclic) bond motifs is 1. The molecule has 1 amide bonds. The Balaban J connectivity index is 1.11. The fourth-order valence-corrected chi connectivity index (χ4v) is 6.72. The molecule has 192 valence electrons. The molecule has 0 radical (unpaired) electrons. The van der Waals surface area contributed by atoms with E-state index in [2.05, 4.69) is 28.1 Å². The van der Waals surface area contributed by atoms with E-state index in [9.17, 15) is 14.7 Å². The summed E-state index contributed by atoms with van der Waals surface area (Å²) in [5.74, 6) is -0.802. The Hall–Kier alpha value is -3.61. The highest BCUT2D eigenvalue weighted by Crippen LogP contribution is 2.43. The van der Waals surface area contributed by atoms with Crippen molar-refractivity contribution in [1.82, 2.24) is 14.8 Å². The molecular formula is C30H34N4O3. The first-order chi connectivity index (χ1) is 18.0. The number of aromatic nitrogens is 1. The Morgan fingerprint density at radius 3 is 2.43 bits per heavy atom. The van der Waals surface area contributed by atoms with Crippen molar-refractivity contribution in [2.75, 3.05) is 37.6 Å². The molecule has 0 bridgehead atoms. The Morgan fingerprint density at radius 2 is 1.70 bits per heavy atom. The van der Waals surface area contributed by atoms with Gasteiger partial charge >= 0.3 is 5.97 Å². The number of piperidine rings is 2. The Labute approximate surface area is 218 Å². The number of allylic oxidation sites excluding steroid dienone is 2. The number of carbonyl (C=O) groups excluding carboxylic acids is 1. The number of carboxylic acid groups (broad SMARTS) is 1. The lowest BCUT2D eigenvalue weighted by molar-refractivity contribution is -0.134. The first-order valence-corrected chi connectivity index (χ1v) is 13.5. The fraction of sp³-hybridized carbons (Fsp3) is 0.433. The second-order valence-corrected chi connectivity index (χ2v) is 10.9. The molecule has 6 rings (SSSR count). The number of aliphatic carboxylic acids is 1. The molecule has 1 N–H and O–H groups in total. The number of amides is 1. The van der Waals surface area contributed by atoms with Gasteiger partial charge in [0.25, 0.3) is 5.91 Å². The highest BCUT2D eigenvalue weighted by molar-refractivity contribution is 5.94. The molecule has 3 aliphatic heterocycles. The number of hydrogen-bond acceptors (Lipinski definition) is 5. The molecule has 7 heteroatoms. The summed E-state index contributed by atoms with van der Waals surface area (Å²) in [5.41, 5.74) is 4.96. The largest absolute Gasteiger partial charge is 0.477 e. The average Bonchev–Trinajstić information content (AvgIpc) is 3.37. The normalized spacial score (nSPS) is 22.6. The first-order valence-electron chi connectivity index (χ1n) is 13.5. The second-order valence-electron chi connectivity index (χ2n) is 10.9. The van der Waals surface area contributed by atoms with E-state index in [4.69, 9.17) is 0 Å². The van der Waals surface area contributed by atoms with E-state index in [-0.39, 0.29) is 11.9 Å². The van der Waals surface area contributed by atoms with Crippen LogP contribution in [0.4, 0.5) is 5.69 Å². The van der Waals surface area contributed by atoms with E-state index < -0.39 is 5.97 Å². The van der Waals surface area contributed by atoms with Gasteiger partial charge in [0.2, 0.25) is 0 Å². The van der Waals surface area contributed by atoms with Gasteiger partial charge in [-0.25, -0.2) is 4.79 Å². The molecule has 1 atom stereocenters. The van der Waals surface area contributed by atoms with Gasteiger partial charge in [-0.2, -0.15) is 0 Å². The summed E-state index contributed by atoms with van der Waals surface area (Å²) < 4.78 is 0. The van der Waals surface area contributed by atoms with Crippen LogP contribution >= 0.6 is 0 Å². The van der Waals surface area contributed by atoms with Crippen LogP contribution in [0.5, 0.6) is 0 Å². The van der Waals surface area contributed by atoms with Crippen LogP contribution < -0.4 is 4.90 Å². The summed E-state index contributed by atoms with van der Waals surface area (Å²) in [4.78, 5) is 35.9. The zero-order chi connectivity index (χ0) is 25.4. The van der Waals surface area contributed by atoms with Gasteiger partial charge in [-0.05, 0) is 85.4 Å². The predicted molar refractivity (Wildman–Crippen MR) is 142 cm³/mol. The number of anilines is 1. The maximum absolute atomic E-state index is 13.5. The number of rotatable bonds is 4. The molecule has 4 aliphatic rings. The van der Waals surface area contributed by atoms with Crippen LogP contribution in [0.2, 0.25) is 0 Å². The second kappa shape index (κ2) is 9.69. The van der Waals surface area contributed by atoms with Gasteiger partial charge in [0.05, 0.1) is 6.04 Å². The molecule has 0 saturated carbocycles. The van der Waals surface area contributed by atoms with Crippen LogP contribution in [0.3, 0.4) is 0 Å². The maximum atomic E-state index is 13.5. The summed E-state index contributed by atoms with van der Waals surface area (Å²) in [7, 11) is 0. The van der Waals surface area contributed by atoms with E-state index in [1.54, 1.807) is 6.08 Å². The first kappa shape index (κ1) is 23.8. The molecule has 1 unspecified atom stereocenters. The standard InChI is InChI=1S/C30H34N4O3/c35-28(33-19-12-30(13-20-33)10-17-32(18-11-30)24-8-14-31-15-9-24)23-5-4-22-6-7-26(25(22)21-23)34-16-2-1-3-27(34)29(36)37/h1-5,8-9,14-15,21,26H,6-7,10-13,16-20H2,(H,36,37). The van der Waals surface area contributed by atoms with E-state index in [1.807, 2.05) is 46.5 Å². The summed E-state index contributed by atoms with van der Waals surface area (Å²) in [6.07, 6.45) is 15.4. The van der Waals surface area contributed by atoms with Crippen LogP contribution in [0.15, 0.2) is 66.7 Å². The summed E-state index contributed by atoms with van der Waals surface area (Å²) in [6, 6.07) is 10.2. The third-order valence-electron chi connectivity index (χ3n) is 9.00. The smallest absolute Gasteiger partial charge is 0.352 e. The fourth-order valence-electron chi connectivity index (χ4n) is 6.72. The van der Waals surface area contributed by atoms with E-state index in [0.717, 1.165) is 63.0 Å². The van der Waals surface area contributed by atoms with Crippen LogP contribution in [-0.4, -0.2) is 64.5 Å². The molecule has 2 fully saturated rings. The van der Waals surface area contributed by atoms with Gasteiger partial charge < -0.3 is 19.8 Å². The molecular weight excluding hydrogens is 464 g/mol. The number of pyridine rings is 1. The molecule has 2 saturated heterocycles. The minimum Gasteiger partial charge on any atom is -0.477 e. The van der Waals surface area contributed by atoms with Gasteiger partial charge in [-0.15, -0.1) is 0 Å². The summed E-state index contributed by atoms with van der Waals surface area (Å²) >= 11 is 0. The topological polar surface area (TPSA) is 77.0 Å². The monoisotopic (exact) mass is 498 g/mol. The SMILES string of the molecule is O=C(O)C1=CC=CCN1C1CCc2ccc(C(=O)N3CCC4(CC3)CCN(c3ccncc3)CC4)cc21. The van der Waals surface area contributed by atoms with Crippen molar-refractivity contribution >= 4 is 17.6 Å². The average molecular weight is 499 g/mol. The maximum Gasteiger partial charge on any atom is 0.352 e. The van der Waals surface area contributed by atoms with Crippen molar-refractivity contribution in [1.29, 1.82) is 0 Å². The lowest BCUT2D eigenvalue weighted by Crippen LogP contribution is -2.48. The van der Waals surface area contributed by atoms with Crippen molar-refractivity contribution < 1.29 is 14.7 Å². The lowest BCUT2D eigenvalue weighted by Gasteiger charge is -2.47. The van der Waals surface area contributed by atoms with Crippen molar-refractivity contribution in [2.24, 2.45) is 5.41 Å². The van der Waals surface area contributed by atoms with Gasteiger partial charge in [0.15, 0.2) is 0 Å². The number of hydrogen-bond donors (Lipinski definition) is 1. The Kier molecular flexibility index (Phi) is 6.22. The number of nitrogens with zero attached hydrogens (tertiary/aromatic N) is 4. The highest BCUT2D eigenvalue weighted by Gasteiger charge is 2.39. The van der Waals surface area contributed by atoms with Crippen LogP contribution in [0, 0.1) is 5.41 Å². The van der Waals surface area contributed by atoms with Crippen molar-refractivity contribution in [3.63, 3.8) is 0 Å². The van der Waals surface area contributed by atoms with Crippen LogP contribution in [0.1, 0.15) is 59.6 Å². The molecule has 37 heavy (non-hydrogen) atoms. The summed E-state index contributed by atoms with van der Waals surface area (Å²) in [5, 5.41) is 9.70. The third-order valence-corrected chi connectivity index (χ3v) is 9.00. The molecule has 4 heterocycles.